The van der Waals surface area contributed by atoms with Crippen LogP contribution in [0.5, 0.6) is 11.5 Å². The third-order valence-corrected chi connectivity index (χ3v) is 2.13. The largest absolute Gasteiger partial charge is 0.573 e. The zero-order chi connectivity index (χ0) is 13.2. The number of alkyl halides is 3. The summed E-state index contributed by atoms with van der Waals surface area (Å²) in [4.78, 5) is 11.2. The fourth-order valence-corrected chi connectivity index (χ4v) is 1.48. The molecule has 0 aliphatic carbocycles. The molecular weight excluding hydrogens is 309 g/mol. The van der Waals surface area contributed by atoms with Crippen LogP contribution in [0.4, 0.5) is 13.2 Å². The van der Waals surface area contributed by atoms with Gasteiger partial charge in [0.2, 0.25) is 0 Å². The molecule has 0 unspecified atom stereocenters. The van der Waals surface area contributed by atoms with Crippen molar-refractivity contribution >= 4 is 21.9 Å². The van der Waals surface area contributed by atoms with Crippen molar-refractivity contribution in [3.63, 3.8) is 0 Å². The molecule has 17 heavy (non-hydrogen) atoms. The van der Waals surface area contributed by atoms with E-state index in [0.29, 0.717) is 0 Å². The van der Waals surface area contributed by atoms with E-state index in [4.69, 9.17) is 0 Å². The molecule has 0 aliphatic rings. The van der Waals surface area contributed by atoms with Crippen molar-refractivity contribution < 1.29 is 32.5 Å². The van der Waals surface area contributed by atoms with Crippen LogP contribution < -0.4 is 4.74 Å². The number of esters is 1. The first-order valence-corrected chi connectivity index (χ1v) is 4.90. The predicted octanol–water partition coefficient (Wildman–Crippen LogP) is 2.84. The third kappa shape index (κ3) is 3.52. The fraction of sp³-hybridized carbons (Fsp3) is 0.222. The number of carbonyl (C=O) groups excluding carboxylic acids is 1. The predicted molar refractivity (Wildman–Crippen MR) is 53.8 cm³/mol. The molecule has 1 rings (SSSR count). The second kappa shape index (κ2) is 4.82. The van der Waals surface area contributed by atoms with E-state index >= 15 is 0 Å². The molecule has 0 heterocycles. The SMILES string of the molecule is COC(=O)c1cc(Br)cc(OC(F)(F)F)c1O. The molecule has 0 saturated heterocycles. The third-order valence-electron chi connectivity index (χ3n) is 1.67. The Bertz CT molecular complexity index is 445. The molecule has 0 atom stereocenters. The fourth-order valence-electron chi connectivity index (χ4n) is 1.04. The van der Waals surface area contributed by atoms with Gasteiger partial charge >= 0.3 is 12.3 Å². The molecule has 0 amide bonds. The molecule has 94 valence electrons. The molecule has 0 fully saturated rings. The van der Waals surface area contributed by atoms with Gasteiger partial charge < -0.3 is 14.6 Å². The van der Waals surface area contributed by atoms with E-state index in [1.165, 1.54) is 0 Å². The molecule has 0 aromatic heterocycles. The maximum absolute atomic E-state index is 12.0. The van der Waals surface area contributed by atoms with E-state index in [2.05, 4.69) is 25.4 Å². The Kier molecular flexibility index (Phi) is 3.87. The second-order valence-electron chi connectivity index (χ2n) is 2.84. The number of phenolic OH excluding ortho intramolecular Hbond substituents is 1. The first kappa shape index (κ1) is 13.6. The zero-order valence-electron chi connectivity index (χ0n) is 8.34. The molecule has 0 aliphatic heterocycles. The average molecular weight is 315 g/mol. The van der Waals surface area contributed by atoms with Crippen LogP contribution in [0, 0.1) is 0 Å². The summed E-state index contributed by atoms with van der Waals surface area (Å²) in [5, 5.41) is 9.43. The van der Waals surface area contributed by atoms with Crippen molar-refractivity contribution in [3.05, 3.63) is 22.2 Å². The number of hydrogen-bond donors (Lipinski definition) is 1. The second-order valence-corrected chi connectivity index (χ2v) is 3.76. The summed E-state index contributed by atoms with van der Waals surface area (Å²) in [6.45, 7) is 0. The van der Waals surface area contributed by atoms with Crippen LogP contribution in [0.1, 0.15) is 10.4 Å². The van der Waals surface area contributed by atoms with E-state index in [1.807, 2.05) is 0 Å². The summed E-state index contributed by atoms with van der Waals surface area (Å²) in [5.41, 5.74) is -0.430. The van der Waals surface area contributed by atoms with E-state index in [1.54, 1.807) is 0 Å². The number of phenols is 1. The summed E-state index contributed by atoms with van der Waals surface area (Å²) in [6, 6.07) is 2.00. The lowest BCUT2D eigenvalue weighted by Crippen LogP contribution is -2.17. The molecular formula is C9H6BrF3O4. The van der Waals surface area contributed by atoms with Gasteiger partial charge in [0, 0.05) is 4.47 Å². The quantitative estimate of drug-likeness (QED) is 0.853. The molecule has 0 bridgehead atoms. The van der Waals surface area contributed by atoms with Crippen molar-refractivity contribution in [2.45, 2.75) is 6.36 Å². The van der Waals surface area contributed by atoms with Gasteiger partial charge in [-0.25, -0.2) is 4.79 Å². The summed E-state index contributed by atoms with van der Waals surface area (Å²) in [5.74, 6) is -2.79. The van der Waals surface area contributed by atoms with Gasteiger partial charge in [-0.2, -0.15) is 0 Å². The molecule has 0 saturated carbocycles. The van der Waals surface area contributed by atoms with Gasteiger partial charge in [-0.15, -0.1) is 13.2 Å². The number of carbonyl (C=O) groups is 1. The average Bonchev–Trinajstić information content (AvgIpc) is 2.19. The number of methoxy groups -OCH3 is 1. The smallest absolute Gasteiger partial charge is 0.504 e. The Labute approximate surface area is 102 Å². The van der Waals surface area contributed by atoms with Crippen molar-refractivity contribution in [1.29, 1.82) is 0 Å². The number of benzene rings is 1. The van der Waals surface area contributed by atoms with Crippen LogP contribution in [0.25, 0.3) is 0 Å². The van der Waals surface area contributed by atoms with Gasteiger partial charge in [0.25, 0.3) is 0 Å². The van der Waals surface area contributed by atoms with Crippen molar-refractivity contribution in [2.24, 2.45) is 0 Å². The van der Waals surface area contributed by atoms with Gasteiger partial charge in [0.05, 0.1) is 7.11 Å². The Morgan fingerprint density at radius 3 is 2.47 bits per heavy atom. The van der Waals surface area contributed by atoms with Gasteiger partial charge in [-0.05, 0) is 12.1 Å². The first-order valence-electron chi connectivity index (χ1n) is 4.11. The number of rotatable bonds is 2. The Hall–Kier alpha value is -1.44. The molecule has 0 radical (unpaired) electrons. The van der Waals surface area contributed by atoms with Crippen LogP contribution >= 0.6 is 15.9 Å². The van der Waals surface area contributed by atoms with Gasteiger partial charge in [0.1, 0.15) is 5.56 Å². The number of halogens is 4. The number of hydrogen-bond acceptors (Lipinski definition) is 4. The van der Waals surface area contributed by atoms with Crippen LogP contribution in [0.2, 0.25) is 0 Å². The van der Waals surface area contributed by atoms with E-state index < -0.39 is 29.4 Å². The van der Waals surface area contributed by atoms with Gasteiger partial charge in [0.15, 0.2) is 11.5 Å². The van der Waals surface area contributed by atoms with Gasteiger partial charge in [-0.1, -0.05) is 15.9 Å². The molecule has 8 heteroatoms. The molecule has 4 nitrogen and oxygen atoms in total. The van der Waals surface area contributed by atoms with Crippen molar-refractivity contribution in [3.8, 4) is 11.5 Å². The number of ether oxygens (including phenoxy) is 2. The summed E-state index contributed by atoms with van der Waals surface area (Å²) < 4.78 is 44.0. The Morgan fingerprint density at radius 1 is 1.41 bits per heavy atom. The van der Waals surface area contributed by atoms with Crippen molar-refractivity contribution in [1.82, 2.24) is 0 Å². The maximum atomic E-state index is 12.0. The first-order chi connectivity index (χ1) is 7.74. The van der Waals surface area contributed by atoms with E-state index in [-0.39, 0.29) is 4.47 Å². The normalized spacial score (nSPS) is 11.1. The minimum Gasteiger partial charge on any atom is -0.504 e. The zero-order valence-corrected chi connectivity index (χ0v) is 9.92. The topological polar surface area (TPSA) is 55.8 Å². The minimum absolute atomic E-state index is 0.134. The lowest BCUT2D eigenvalue weighted by Gasteiger charge is -2.12. The van der Waals surface area contributed by atoms with Crippen LogP contribution in [-0.4, -0.2) is 24.5 Å². The van der Waals surface area contributed by atoms with Crippen LogP contribution in [0.15, 0.2) is 16.6 Å². The summed E-state index contributed by atoms with van der Waals surface area (Å²) >= 11 is 2.89. The lowest BCUT2D eigenvalue weighted by atomic mass is 10.2. The van der Waals surface area contributed by atoms with Gasteiger partial charge in [-0.3, -0.25) is 0 Å². The molecule has 1 aromatic rings. The van der Waals surface area contributed by atoms with Crippen molar-refractivity contribution in [2.75, 3.05) is 7.11 Å². The monoisotopic (exact) mass is 314 g/mol. The Balaban J connectivity index is 3.24. The van der Waals surface area contributed by atoms with Crippen LogP contribution in [0.3, 0.4) is 0 Å². The number of aromatic hydroxyl groups is 1. The highest BCUT2D eigenvalue weighted by atomic mass is 79.9. The molecule has 1 N–H and O–H groups in total. The highest BCUT2D eigenvalue weighted by molar-refractivity contribution is 9.10. The minimum atomic E-state index is -4.97. The summed E-state index contributed by atoms with van der Waals surface area (Å²) in [6.07, 6.45) is -4.97. The Morgan fingerprint density at radius 2 is 2.00 bits per heavy atom. The van der Waals surface area contributed by atoms with E-state index in [9.17, 15) is 23.1 Å². The van der Waals surface area contributed by atoms with E-state index in [0.717, 1.165) is 19.2 Å². The molecule has 1 aromatic carbocycles. The summed E-state index contributed by atoms with van der Waals surface area (Å²) in [7, 11) is 1.03. The standard InChI is InChI=1S/C9H6BrF3O4/c1-16-8(15)5-2-4(10)3-6(7(5)14)17-9(11,12)13/h2-3,14H,1H3. The maximum Gasteiger partial charge on any atom is 0.573 e. The van der Waals surface area contributed by atoms with Crippen LogP contribution in [-0.2, 0) is 4.74 Å². The highest BCUT2D eigenvalue weighted by Gasteiger charge is 2.33. The highest BCUT2D eigenvalue weighted by Crippen LogP contribution is 2.37. The lowest BCUT2D eigenvalue weighted by molar-refractivity contribution is -0.275. The molecule has 0 spiro atoms.